The Morgan fingerprint density at radius 1 is 0.971 bits per heavy atom. The number of ether oxygens (including phenoxy) is 2. The van der Waals surface area contributed by atoms with E-state index in [0.717, 1.165) is 49.9 Å². The average molecular weight is 553 g/mol. The fraction of sp³-hybridized carbons (Fsp3) is 0.962. The molecular formula is C26H49O6PS2. The molecule has 2 unspecified atom stereocenters. The Morgan fingerprint density at radius 3 is 2.26 bits per heavy atom. The summed E-state index contributed by atoms with van der Waals surface area (Å²) < 4.78 is 28.2. The lowest BCUT2D eigenvalue weighted by Crippen LogP contribution is -2.39. The fourth-order valence-electron chi connectivity index (χ4n) is 4.00. The molecule has 0 aromatic carbocycles. The summed E-state index contributed by atoms with van der Waals surface area (Å²) in [6.07, 6.45) is 18.9. The predicted octanol–water partition coefficient (Wildman–Crippen LogP) is 7.91. The SMILES string of the molecule is CCCCCCCCCCOC(COC(O)(P=O)C(=O)OSCCCCC)CSC1CCCCC1. The summed E-state index contributed by atoms with van der Waals surface area (Å²) in [6.45, 7) is 4.95. The molecular weight excluding hydrogens is 503 g/mol. The molecule has 1 saturated carbocycles. The molecule has 35 heavy (non-hydrogen) atoms. The van der Waals surface area contributed by atoms with Gasteiger partial charge in [-0.05, 0) is 25.7 Å². The van der Waals surface area contributed by atoms with E-state index >= 15 is 0 Å². The average Bonchev–Trinajstić information content (AvgIpc) is 2.88. The highest BCUT2D eigenvalue weighted by Crippen LogP contribution is 2.30. The molecule has 1 fully saturated rings. The van der Waals surface area contributed by atoms with E-state index in [1.807, 2.05) is 11.8 Å². The van der Waals surface area contributed by atoms with E-state index in [1.165, 1.54) is 70.6 Å². The second-order valence-corrected chi connectivity index (χ2v) is 12.4. The van der Waals surface area contributed by atoms with Crippen molar-refractivity contribution in [3.63, 3.8) is 0 Å². The molecule has 1 aliphatic carbocycles. The van der Waals surface area contributed by atoms with Gasteiger partial charge in [0.25, 0.3) is 0 Å². The van der Waals surface area contributed by atoms with E-state index in [0.29, 0.717) is 17.6 Å². The van der Waals surface area contributed by atoms with Gasteiger partial charge in [0, 0.05) is 23.4 Å². The highest BCUT2D eigenvalue weighted by molar-refractivity contribution is 7.99. The second-order valence-electron chi connectivity index (χ2n) is 9.47. The Bertz CT molecular complexity index is 536. The van der Waals surface area contributed by atoms with Crippen molar-refractivity contribution in [3.8, 4) is 0 Å². The minimum Gasteiger partial charge on any atom is -0.387 e. The van der Waals surface area contributed by atoms with E-state index in [9.17, 15) is 14.5 Å². The van der Waals surface area contributed by atoms with Gasteiger partial charge in [0.05, 0.1) is 24.8 Å². The Kier molecular flexibility index (Phi) is 21.0. The van der Waals surface area contributed by atoms with Crippen molar-refractivity contribution in [1.29, 1.82) is 0 Å². The molecule has 0 aliphatic heterocycles. The van der Waals surface area contributed by atoms with Crippen LogP contribution in [0.3, 0.4) is 0 Å². The van der Waals surface area contributed by atoms with Crippen LogP contribution in [-0.2, 0) is 23.0 Å². The van der Waals surface area contributed by atoms with Crippen molar-refractivity contribution in [3.05, 3.63) is 0 Å². The van der Waals surface area contributed by atoms with Crippen LogP contribution >= 0.6 is 32.3 Å². The van der Waals surface area contributed by atoms with Crippen LogP contribution < -0.4 is 0 Å². The quantitative estimate of drug-likeness (QED) is 0.0592. The number of rotatable bonds is 23. The number of hydrogen-bond donors (Lipinski definition) is 1. The molecule has 0 saturated heterocycles. The maximum atomic E-state index is 12.3. The highest BCUT2D eigenvalue weighted by atomic mass is 32.2. The van der Waals surface area contributed by atoms with Gasteiger partial charge in [0.15, 0.2) is 0 Å². The van der Waals surface area contributed by atoms with Crippen molar-refractivity contribution in [2.45, 2.75) is 133 Å². The number of carbonyl (C=O) groups excluding carboxylic acids is 1. The normalized spacial score (nSPS) is 17.3. The number of unbranched alkanes of at least 4 members (excludes halogenated alkanes) is 9. The largest absolute Gasteiger partial charge is 0.391 e. The van der Waals surface area contributed by atoms with Crippen LogP contribution in [0.5, 0.6) is 0 Å². The number of carbonyl (C=O) groups is 1. The van der Waals surface area contributed by atoms with E-state index < -0.39 is 20.0 Å². The maximum Gasteiger partial charge on any atom is 0.391 e. The molecule has 1 aliphatic rings. The van der Waals surface area contributed by atoms with Crippen LogP contribution in [0.1, 0.15) is 117 Å². The van der Waals surface area contributed by atoms with Crippen molar-refractivity contribution in [2.24, 2.45) is 0 Å². The van der Waals surface area contributed by atoms with Gasteiger partial charge in [0.2, 0.25) is 8.46 Å². The second kappa shape index (κ2) is 22.2. The maximum absolute atomic E-state index is 12.3. The first-order valence-electron chi connectivity index (χ1n) is 13.8. The topological polar surface area (TPSA) is 82.1 Å². The van der Waals surface area contributed by atoms with Crippen molar-refractivity contribution < 1.29 is 28.1 Å². The van der Waals surface area contributed by atoms with Gasteiger partial charge in [-0.3, -0.25) is 4.57 Å². The van der Waals surface area contributed by atoms with Gasteiger partial charge < -0.3 is 18.8 Å². The Labute approximate surface area is 224 Å². The van der Waals surface area contributed by atoms with Gasteiger partial charge in [-0.15, -0.1) is 0 Å². The molecule has 0 bridgehead atoms. The summed E-state index contributed by atoms with van der Waals surface area (Å²) in [5, 5.41) is 11.1. The summed E-state index contributed by atoms with van der Waals surface area (Å²) in [7, 11) is -0.826. The monoisotopic (exact) mass is 552 g/mol. The molecule has 9 heteroatoms. The smallest absolute Gasteiger partial charge is 0.387 e. The first-order chi connectivity index (χ1) is 17.1. The summed E-state index contributed by atoms with van der Waals surface area (Å²) in [5.74, 6) is 0.333. The Hall–Kier alpha value is 0.150. The Balaban J connectivity index is 2.44. The van der Waals surface area contributed by atoms with Crippen molar-refractivity contribution >= 4 is 38.2 Å². The number of aliphatic hydroxyl groups is 1. The fourth-order valence-corrected chi connectivity index (χ4v) is 6.28. The third kappa shape index (κ3) is 16.6. The van der Waals surface area contributed by atoms with E-state index in [2.05, 4.69) is 13.8 Å². The van der Waals surface area contributed by atoms with Gasteiger partial charge in [-0.1, -0.05) is 90.9 Å². The Morgan fingerprint density at radius 2 is 1.60 bits per heavy atom. The summed E-state index contributed by atoms with van der Waals surface area (Å²) in [6, 6.07) is 0. The molecule has 0 aromatic rings. The minimum absolute atomic E-state index is 0.00191. The van der Waals surface area contributed by atoms with Crippen LogP contribution in [0.2, 0.25) is 0 Å². The first-order valence-corrected chi connectivity index (χ1v) is 16.6. The van der Waals surface area contributed by atoms with Crippen molar-refractivity contribution in [1.82, 2.24) is 0 Å². The van der Waals surface area contributed by atoms with Crippen LogP contribution in [0, 0.1) is 0 Å². The number of thioether (sulfide) groups is 1. The van der Waals surface area contributed by atoms with Crippen molar-refractivity contribution in [2.75, 3.05) is 24.7 Å². The molecule has 1 N–H and O–H groups in total. The third-order valence-corrected chi connectivity index (χ3v) is 9.04. The zero-order chi connectivity index (χ0) is 25.6. The minimum atomic E-state index is -2.49. The van der Waals surface area contributed by atoms with Crippen LogP contribution in [0.4, 0.5) is 0 Å². The zero-order valence-electron chi connectivity index (χ0n) is 22.0. The predicted molar refractivity (Wildman–Crippen MR) is 148 cm³/mol. The van der Waals surface area contributed by atoms with Gasteiger partial charge in [-0.25, -0.2) is 4.79 Å². The van der Waals surface area contributed by atoms with E-state index in [1.54, 1.807) is 0 Å². The molecule has 0 heterocycles. The first kappa shape index (κ1) is 33.2. The lowest BCUT2D eigenvalue weighted by molar-refractivity contribution is -0.191. The lowest BCUT2D eigenvalue weighted by atomic mass is 10.0. The molecule has 1 rings (SSSR count). The molecule has 6 nitrogen and oxygen atoms in total. The molecule has 0 radical (unpaired) electrons. The molecule has 0 amide bonds. The summed E-state index contributed by atoms with van der Waals surface area (Å²) in [5.41, 5.74) is -2.49. The highest BCUT2D eigenvalue weighted by Gasteiger charge is 2.42. The van der Waals surface area contributed by atoms with E-state index in [4.69, 9.17) is 13.7 Å². The summed E-state index contributed by atoms with van der Waals surface area (Å²) >= 11 is 2.85. The standard InChI is InChI=1S/C26H49O6PS2/c1-3-5-7-8-9-10-11-15-19-30-23(22-34-24-17-13-12-14-18-24)21-31-26(28,33-29)25(27)32-35-20-16-6-4-2/h23-24,28H,3-22H2,1-2H3. The van der Waals surface area contributed by atoms with Gasteiger partial charge in [-0.2, -0.15) is 11.8 Å². The molecule has 0 aromatic heterocycles. The molecule has 206 valence electrons. The van der Waals surface area contributed by atoms with Crippen LogP contribution in [0.25, 0.3) is 0 Å². The van der Waals surface area contributed by atoms with Gasteiger partial charge in [0.1, 0.15) is 0 Å². The van der Waals surface area contributed by atoms with Gasteiger partial charge >= 0.3 is 11.5 Å². The number of hydrogen-bond acceptors (Lipinski definition) is 8. The van der Waals surface area contributed by atoms with E-state index in [-0.39, 0.29) is 12.7 Å². The van der Waals surface area contributed by atoms with Crippen LogP contribution in [-0.4, -0.2) is 52.7 Å². The molecule has 2 atom stereocenters. The van der Waals surface area contributed by atoms with Crippen LogP contribution in [0.15, 0.2) is 0 Å². The molecule has 0 spiro atoms. The third-order valence-electron chi connectivity index (χ3n) is 6.25. The summed E-state index contributed by atoms with van der Waals surface area (Å²) in [4.78, 5) is 12.3. The zero-order valence-corrected chi connectivity index (χ0v) is 24.6. The lowest BCUT2D eigenvalue weighted by Gasteiger charge is -2.26.